The van der Waals surface area contributed by atoms with E-state index in [0.29, 0.717) is 0 Å². The SMILES string of the molecule is c1ccc(-c2ccc(N(c3ccc(-c4ccc(-c5cccc6c5oc5ccccc56)cc4)cc3)c3ccc(-c4ccc(-c5ccccc5)cc4-n4c5ccccc5c5ccccc54)cc3)cc2)cc1. The highest BCUT2D eigenvalue weighted by Gasteiger charge is 2.19. The molecule has 0 radical (unpaired) electrons. The van der Waals surface area contributed by atoms with Gasteiger partial charge in [0.15, 0.2) is 0 Å². The zero-order chi connectivity index (χ0) is 45.7. The van der Waals surface area contributed by atoms with Gasteiger partial charge in [-0.05, 0) is 105 Å². The van der Waals surface area contributed by atoms with E-state index in [1.54, 1.807) is 0 Å². The fourth-order valence-electron chi connectivity index (χ4n) is 10.2. The van der Waals surface area contributed by atoms with E-state index in [1.807, 2.05) is 12.1 Å². The van der Waals surface area contributed by atoms with Gasteiger partial charge in [0.25, 0.3) is 0 Å². The number of aromatic nitrogens is 1. The normalized spacial score (nSPS) is 11.5. The van der Waals surface area contributed by atoms with Gasteiger partial charge in [-0.15, -0.1) is 0 Å². The number of hydrogen-bond donors (Lipinski definition) is 0. The molecule has 0 aliphatic heterocycles. The van der Waals surface area contributed by atoms with Gasteiger partial charge >= 0.3 is 0 Å². The number of anilines is 3. The fraction of sp³-hybridized carbons (Fsp3) is 0. The standard InChI is InChI=1S/C66H44N2O/c1-3-14-45(15-4-1)48-30-37-53(38-31-48)67(54-39-32-49(33-40-54)47-26-28-51(29-27-47)57-21-13-22-61-60-20-9-12-25-65(60)69-66(57)61)55-41-34-50(35-42-55)56-43-36-52(46-16-5-2-6-17-46)44-64(56)68-62-23-10-7-18-58(62)59-19-8-11-24-63(59)68/h1-44H. The predicted octanol–water partition coefficient (Wildman–Crippen LogP) is 18.5. The molecule has 0 saturated carbocycles. The molecule has 13 rings (SSSR count). The summed E-state index contributed by atoms with van der Waals surface area (Å²) in [5, 5.41) is 4.77. The number of rotatable bonds is 9. The van der Waals surface area contributed by atoms with Gasteiger partial charge in [-0.25, -0.2) is 0 Å². The van der Waals surface area contributed by atoms with Gasteiger partial charge in [0.1, 0.15) is 11.2 Å². The lowest BCUT2D eigenvalue weighted by atomic mass is 9.97. The summed E-state index contributed by atoms with van der Waals surface area (Å²) < 4.78 is 8.82. The van der Waals surface area contributed by atoms with Gasteiger partial charge in [-0.3, -0.25) is 0 Å². The van der Waals surface area contributed by atoms with E-state index in [4.69, 9.17) is 4.42 Å². The maximum Gasteiger partial charge on any atom is 0.143 e. The number of hydrogen-bond acceptors (Lipinski definition) is 2. The first-order valence-corrected chi connectivity index (χ1v) is 23.6. The number of furan rings is 1. The Morgan fingerprint density at radius 1 is 0.275 bits per heavy atom. The Hall–Kier alpha value is -9.18. The van der Waals surface area contributed by atoms with Crippen LogP contribution in [0.3, 0.4) is 0 Å². The molecule has 3 heteroatoms. The summed E-state index contributed by atoms with van der Waals surface area (Å²) in [5.74, 6) is 0. The van der Waals surface area contributed by atoms with Crippen LogP contribution in [0.15, 0.2) is 271 Å². The van der Waals surface area contributed by atoms with Gasteiger partial charge in [0.2, 0.25) is 0 Å². The summed E-state index contributed by atoms with van der Waals surface area (Å²) in [5.41, 5.74) is 20.2. The van der Waals surface area contributed by atoms with Crippen LogP contribution in [-0.2, 0) is 0 Å². The predicted molar refractivity (Wildman–Crippen MR) is 290 cm³/mol. The molecule has 0 amide bonds. The van der Waals surface area contributed by atoms with Crippen molar-refractivity contribution in [2.24, 2.45) is 0 Å². The molecule has 324 valence electrons. The van der Waals surface area contributed by atoms with E-state index in [0.717, 1.165) is 78.1 Å². The second-order valence-electron chi connectivity index (χ2n) is 17.7. The van der Waals surface area contributed by atoms with Crippen LogP contribution in [0, 0.1) is 0 Å². The molecule has 69 heavy (non-hydrogen) atoms. The number of benzene rings is 11. The van der Waals surface area contributed by atoms with Gasteiger partial charge in [0.05, 0.1) is 16.7 Å². The first kappa shape index (κ1) is 40.1. The molecular weight excluding hydrogens is 837 g/mol. The summed E-state index contributed by atoms with van der Waals surface area (Å²) in [6.45, 7) is 0. The third kappa shape index (κ3) is 7.16. The van der Waals surface area contributed by atoms with Crippen molar-refractivity contribution < 1.29 is 4.42 Å². The second kappa shape index (κ2) is 16.9. The van der Waals surface area contributed by atoms with Crippen molar-refractivity contribution in [3.8, 4) is 61.3 Å². The van der Waals surface area contributed by atoms with Crippen LogP contribution in [-0.4, -0.2) is 4.57 Å². The Bertz CT molecular complexity index is 3910. The van der Waals surface area contributed by atoms with Crippen LogP contribution in [0.5, 0.6) is 0 Å². The molecule has 0 aliphatic carbocycles. The van der Waals surface area contributed by atoms with Crippen LogP contribution in [0.25, 0.3) is 105 Å². The number of nitrogens with zero attached hydrogens (tertiary/aromatic N) is 2. The van der Waals surface area contributed by atoms with Crippen molar-refractivity contribution in [3.05, 3.63) is 267 Å². The van der Waals surface area contributed by atoms with Gasteiger partial charge < -0.3 is 13.9 Å². The lowest BCUT2D eigenvalue weighted by Gasteiger charge is -2.26. The Labute approximate surface area is 401 Å². The van der Waals surface area contributed by atoms with E-state index in [2.05, 4.69) is 264 Å². The van der Waals surface area contributed by atoms with Crippen LogP contribution in [0.4, 0.5) is 17.1 Å². The lowest BCUT2D eigenvalue weighted by Crippen LogP contribution is -2.09. The minimum atomic E-state index is 0.909. The minimum absolute atomic E-state index is 0.909. The fourth-order valence-corrected chi connectivity index (χ4v) is 10.2. The average molecular weight is 881 g/mol. The molecule has 11 aromatic carbocycles. The lowest BCUT2D eigenvalue weighted by molar-refractivity contribution is 0.670. The number of fused-ring (bicyclic) bond motifs is 6. The Balaban J connectivity index is 0.879. The summed E-state index contributed by atoms with van der Waals surface area (Å²) in [6.07, 6.45) is 0. The van der Waals surface area contributed by atoms with E-state index in [-0.39, 0.29) is 0 Å². The maximum atomic E-state index is 6.38. The van der Waals surface area contributed by atoms with Crippen molar-refractivity contribution in [1.82, 2.24) is 4.57 Å². The van der Waals surface area contributed by atoms with Crippen molar-refractivity contribution in [1.29, 1.82) is 0 Å². The van der Waals surface area contributed by atoms with Crippen molar-refractivity contribution in [2.45, 2.75) is 0 Å². The monoisotopic (exact) mass is 880 g/mol. The Kier molecular flexibility index (Phi) is 9.84. The Morgan fingerprint density at radius 2 is 0.681 bits per heavy atom. The van der Waals surface area contributed by atoms with Crippen molar-refractivity contribution in [2.75, 3.05) is 4.90 Å². The highest BCUT2D eigenvalue weighted by molar-refractivity contribution is 6.11. The largest absolute Gasteiger partial charge is 0.455 e. The molecule has 2 heterocycles. The van der Waals surface area contributed by atoms with E-state index in [1.165, 1.54) is 44.1 Å². The molecule has 0 unspecified atom stereocenters. The van der Waals surface area contributed by atoms with E-state index >= 15 is 0 Å². The third-order valence-corrected chi connectivity index (χ3v) is 13.7. The molecule has 0 aliphatic rings. The average Bonchev–Trinajstić information content (AvgIpc) is 3.98. The maximum absolute atomic E-state index is 6.38. The highest BCUT2D eigenvalue weighted by atomic mass is 16.3. The smallest absolute Gasteiger partial charge is 0.143 e. The van der Waals surface area contributed by atoms with Gasteiger partial charge in [-0.2, -0.15) is 0 Å². The first-order chi connectivity index (χ1) is 34.2. The van der Waals surface area contributed by atoms with Crippen molar-refractivity contribution >= 4 is 60.8 Å². The van der Waals surface area contributed by atoms with Crippen molar-refractivity contribution in [3.63, 3.8) is 0 Å². The van der Waals surface area contributed by atoms with Crippen LogP contribution >= 0.6 is 0 Å². The Morgan fingerprint density at radius 3 is 1.26 bits per heavy atom. The minimum Gasteiger partial charge on any atom is -0.455 e. The molecule has 0 spiro atoms. The molecule has 0 saturated heterocycles. The summed E-state index contributed by atoms with van der Waals surface area (Å²) in [6, 6.07) is 96.1. The summed E-state index contributed by atoms with van der Waals surface area (Å²) in [4.78, 5) is 2.35. The van der Waals surface area contributed by atoms with Gasteiger partial charge in [-0.1, -0.05) is 206 Å². The quantitative estimate of drug-likeness (QED) is 0.144. The van der Waals surface area contributed by atoms with Crippen LogP contribution in [0.1, 0.15) is 0 Å². The molecule has 2 aromatic heterocycles. The first-order valence-electron chi connectivity index (χ1n) is 23.6. The van der Waals surface area contributed by atoms with E-state index < -0.39 is 0 Å². The molecule has 0 fully saturated rings. The van der Waals surface area contributed by atoms with E-state index in [9.17, 15) is 0 Å². The summed E-state index contributed by atoms with van der Waals surface area (Å²) >= 11 is 0. The molecule has 13 aromatic rings. The topological polar surface area (TPSA) is 21.3 Å². The zero-order valence-corrected chi connectivity index (χ0v) is 37.7. The zero-order valence-electron chi connectivity index (χ0n) is 37.7. The van der Waals surface area contributed by atoms with Crippen LogP contribution < -0.4 is 4.90 Å². The van der Waals surface area contributed by atoms with Gasteiger partial charge in [0, 0.05) is 49.7 Å². The molecule has 0 bridgehead atoms. The molecule has 3 nitrogen and oxygen atoms in total. The molecule has 0 N–H and O–H groups in total. The summed E-state index contributed by atoms with van der Waals surface area (Å²) in [7, 11) is 0. The third-order valence-electron chi connectivity index (χ3n) is 13.7. The second-order valence-corrected chi connectivity index (χ2v) is 17.7. The van der Waals surface area contributed by atoms with Crippen LogP contribution in [0.2, 0.25) is 0 Å². The number of para-hydroxylation sites is 4. The molecular formula is C66H44N2O. The molecule has 0 atom stereocenters. The highest BCUT2D eigenvalue weighted by Crippen LogP contribution is 2.42.